The lowest BCUT2D eigenvalue weighted by molar-refractivity contribution is 0.0378. The standard InChI is InChI=1S/C12H18N6O/c1(4-17-6-8-19-9-7-17)2-13-11-12-16-15-10-18(12)5-3-14-11/h3,5,10H,1-2,4,6-9H2,(H,13,14). The third kappa shape index (κ3) is 2.99. The van der Waals surface area contributed by atoms with Gasteiger partial charge in [0.1, 0.15) is 6.33 Å². The molecule has 3 rings (SSSR count). The zero-order chi connectivity index (χ0) is 12.9. The van der Waals surface area contributed by atoms with Gasteiger partial charge in [0.25, 0.3) is 0 Å². The van der Waals surface area contributed by atoms with Gasteiger partial charge in [-0.25, -0.2) is 4.98 Å². The van der Waals surface area contributed by atoms with Gasteiger partial charge in [-0.2, -0.15) is 0 Å². The normalized spacial score (nSPS) is 16.8. The molecule has 7 heteroatoms. The van der Waals surface area contributed by atoms with Crippen molar-refractivity contribution >= 4 is 11.5 Å². The van der Waals surface area contributed by atoms with E-state index in [1.807, 2.05) is 10.6 Å². The highest BCUT2D eigenvalue weighted by Gasteiger charge is 2.09. The first-order chi connectivity index (χ1) is 9.43. The molecule has 0 aromatic carbocycles. The van der Waals surface area contributed by atoms with Gasteiger partial charge in [-0.15, -0.1) is 10.2 Å². The maximum atomic E-state index is 5.33. The topological polar surface area (TPSA) is 67.6 Å². The molecule has 2 aromatic rings. The van der Waals surface area contributed by atoms with Crippen LogP contribution in [0.3, 0.4) is 0 Å². The first-order valence-corrected chi connectivity index (χ1v) is 6.62. The Bertz CT molecular complexity index is 522. The van der Waals surface area contributed by atoms with Crippen molar-refractivity contribution in [1.82, 2.24) is 24.5 Å². The summed E-state index contributed by atoms with van der Waals surface area (Å²) in [6, 6.07) is 0. The molecular formula is C12H18N6O. The van der Waals surface area contributed by atoms with E-state index < -0.39 is 0 Å². The van der Waals surface area contributed by atoms with Crippen LogP contribution in [-0.2, 0) is 4.74 Å². The number of rotatable bonds is 5. The Morgan fingerprint density at radius 2 is 2.21 bits per heavy atom. The SMILES string of the molecule is c1cn2cnnc2c(NCCCN2CCOCC2)n1. The van der Waals surface area contributed by atoms with Crippen molar-refractivity contribution in [3.8, 4) is 0 Å². The maximum absolute atomic E-state index is 5.33. The molecule has 0 unspecified atom stereocenters. The average Bonchev–Trinajstić information content (AvgIpc) is 2.94. The van der Waals surface area contributed by atoms with Crippen LogP contribution in [-0.4, -0.2) is 63.9 Å². The van der Waals surface area contributed by atoms with Gasteiger partial charge in [0, 0.05) is 32.0 Å². The highest BCUT2D eigenvalue weighted by atomic mass is 16.5. The van der Waals surface area contributed by atoms with Gasteiger partial charge in [-0.3, -0.25) is 9.30 Å². The number of nitrogens with zero attached hydrogens (tertiary/aromatic N) is 5. The second-order valence-electron chi connectivity index (χ2n) is 4.57. The fourth-order valence-corrected chi connectivity index (χ4v) is 2.22. The van der Waals surface area contributed by atoms with Crippen LogP contribution >= 0.6 is 0 Å². The monoisotopic (exact) mass is 262 g/mol. The molecule has 1 fully saturated rings. The van der Waals surface area contributed by atoms with E-state index in [-0.39, 0.29) is 0 Å². The molecule has 0 bridgehead atoms. The van der Waals surface area contributed by atoms with Crippen LogP contribution in [0.4, 0.5) is 5.82 Å². The molecule has 7 nitrogen and oxygen atoms in total. The number of hydrogen-bond acceptors (Lipinski definition) is 6. The maximum Gasteiger partial charge on any atom is 0.203 e. The number of anilines is 1. The average molecular weight is 262 g/mol. The fraction of sp³-hybridized carbons (Fsp3) is 0.583. The van der Waals surface area contributed by atoms with Crippen molar-refractivity contribution in [2.24, 2.45) is 0 Å². The zero-order valence-corrected chi connectivity index (χ0v) is 10.8. The van der Waals surface area contributed by atoms with E-state index in [1.54, 1.807) is 12.5 Å². The van der Waals surface area contributed by atoms with Crippen molar-refractivity contribution < 1.29 is 4.74 Å². The highest BCUT2D eigenvalue weighted by molar-refractivity contribution is 5.61. The predicted octanol–water partition coefficient (Wildman–Crippen LogP) is 0.258. The summed E-state index contributed by atoms with van der Waals surface area (Å²) in [5, 5.41) is 11.2. The summed E-state index contributed by atoms with van der Waals surface area (Å²) < 4.78 is 7.19. The van der Waals surface area contributed by atoms with Gasteiger partial charge in [-0.1, -0.05) is 0 Å². The van der Waals surface area contributed by atoms with Gasteiger partial charge >= 0.3 is 0 Å². The first kappa shape index (κ1) is 12.3. The number of morpholine rings is 1. The summed E-state index contributed by atoms with van der Waals surface area (Å²) in [6.45, 7) is 5.77. The Kier molecular flexibility index (Phi) is 3.85. The van der Waals surface area contributed by atoms with Gasteiger partial charge < -0.3 is 10.1 Å². The molecule has 0 amide bonds. The Hall–Kier alpha value is -1.73. The molecule has 1 aliphatic rings. The third-order valence-corrected chi connectivity index (χ3v) is 3.26. The van der Waals surface area contributed by atoms with E-state index in [4.69, 9.17) is 4.74 Å². The van der Waals surface area contributed by atoms with Crippen molar-refractivity contribution in [2.75, 3.05) is 44.7 Å². The number of nitrogens with one attached hydrogen (secondary N) is 1. The molecule has 102 valence electrons. The summed E-state index contributed by atoms with van der Waals surface area (Å²) in [6.07, 6.45) is 6.35. The molecule has 0 radical (unpaired) electrons. The third-order valence-electron chi connectivity index (χ3n) is 3.26. The molecule has 1 saturated heterocycles. The number of fused-ring (bicyclic) bond motifs is 1. The summed E-state index contributed by atoms with van der Waals surface area (Å²) >= 11 is 0. The number of hydrogen-bond donors (Lipinski definition) is 1. The van der Waals surface area contributed by atoms with E-state index in [9.17, 15) is 0 Å². The number of ether oxygens (including phenoxy) is 1. The van der Waals surface area contributed by atoms with Crippen LogP contribution in [0.15, 0.2) is 18.7 Å². The van der Waals surface area contributed by atoms with E-state index >= 15 is 0 Å². The van der Waals surface area contributed by atoms with Gasteiger partial charge in [0.05, 0.1) is 13.2 Å². The molecule has 0 atom stereocenters. The molecule has 3 heterocycles. The Labute approximate surface area is 111 Å². The molecule has 0 saturated carbocycles. The second-order valence-corrected chi connectivity index (χ2v) is 4.57. The second kappa shape index (κ2) is 5.94. The molecule has 0 aliphatic carbocycles. The lowest BCUT2D eigenvalue weighted by atomic mass is 10.3. The van der Waals surface area contributed by atoms with Crippen LogP contribution < -0.4 is 5.32 Å². The van der Waals surface area contributed by atoms with Crippen molar-refractivity contribution in [3.63, 3.8) is 0 Å². The lowest BCUT2D eigenvalue weighted by Gasteiger charge is -2.26. The quantitative estimate of drug-likeness (QED) is 0.780. The Morgan fingerprint density at radius 3 is 3.11 bits per heavy atom. The largest absolute Gasteiger partial charge is 0.379 e. The number of aromatic nitrogens is 4. The molecule has 0 spiro atoms. The smallest absolute Gasteiger partial charge is 0.203 e. The van der Waals surface area contributed by atoms with Crippen LogP contribution in [0.1, 0.15) is 6.42 Å². The summed E-state index contributed by atoms with van der Waals surface area (Å²) in [4.78, 5) is 6.72. The summed E-state index contributed by atoms with van der Waals surface area (Å²) in [5.41, 5.74) is 0.772. The first-order valence-electron chi connectivity index (χ1n) is 6.62. The van der Waals surface area contributed by atoms with Gasteiger partial charge in [0.15, 0.2) is 5.82 Å². The van der Waals surface area contributed by atoms with E-state index in [0.717, 1.165) is 57.3 Å². The fourth-order valence-electron chi connectivity index (χ4n) is 2.22. The van der Waals surface area contributed by atoms with Crippen LogP contribution in [0.5, 0.6) is 0 Å². The molecular weight excluding hydrogens is 244 g/mol. The minimum Gasteiger partial charge on any atom is -0.379 e. The Balaban J connectivity index is 1.48. The predicted molar refractivity (Wildman–Crippen MR) is 71.1 cm³/mol. The highest BCUT2D eigenvalue weighted by Crippen LogP contribution is 2.09. The minimum atomic E-state index is 0.772. The van der Waals surface area contributed by atoms with E-state index in [0.29, 0.717) is 0 Å². The van der Waals surface area contributed by atoms with E-state index in [1.165, 1.54) is 0 Å². The Morgan fingerprint density at radius 1 is 1.32 bits per heavy atom. The van der Waals surface area contributed by atoms with E-state index in [2.05, 4.69) is 25.4 Å². The van der Waals surface area contributed by atoms with Crippen molar-refractivity contribution in [3.05, 3.63) is 18.7 Å². The summed E-state index contributed by atoms with van der Waals surface area (Å²) in [7, 11) is 0. The molecule has 1 N–H and O–H groups in total. The van der Waals surface area contributed by atoms with Crippen LogP contribution in [0, 0.1) is 0 Å². The molecule has 2 aromatic heterocycles. The zero-order valence-electron chi connectivity index (χ0n) is 10.8. The van der Waals surface area contributed by atoms with Crippen LogP contribution in [0.25, 0.3) is 5.65 Å². The van der Waals surface area contributed by atoms with Crippen LogP contribution in [0.2, 0.25) is 0 Å². The van der Waals surface area contributed by atoms with Gasteiger partial charge in [-0.05, 0) is 13.0 Å². The molecule has 19 heavy (non-hydrogen) atoms. The van der Waals surface area contributed by atoms with Gasteiger partial charge in [0.2, 0.25) is 5.65 Å². The van der Waals surface area contributed by atoms with Crippen molar-refractivity contribution in [1.29, 1.82) is 0 Å². The summed E-state index contributed by atoms with van der Waals surface area (Å²) in [5.74, 6) is 0.793. The van der Waals surface area contributed by atoms with Crippen molar-refractivity contribution in [2.45, 2.75) is 6.42 Å². The minimum absolute atomic E-state index is 0.772. The molecule has 1 aliphatic heterocycles. The lowest BCUT2D eigenvalue weighted by Crippen LogP contribution is -2.37.